The van der Waals surface area contributed by atoms with E-state index in [1.807, 2.05) is 32.6 Å². The van der Waals surface area contributed by atoms with Crippen LogP contribution in [0.2, 0.25) is 0 Å². The highest BCUT2D eigenvalue weighted by Gasteiger charge is 2.40. The number of piperazine rings is 1. The number of carboxylic acids is 1. The Balaban J connectivity index is 0.000000445. The maximum atomic E-state index is 12.5. The van der Waals surface area contributed by atoms with Crippen molar-refractivity contribution in [2.45, 2.75) is 71.4 Å². The Bertz CT molecular complexity index is 494. The molecule has 0 bridgehead atoms. The van der Waals surface area contributed by atoms with Crippen LogP contribution >= 0.6 is 0 Å². The molecule has 0 aromatic carbocycles. The summed E-state index contributed by atoms with van der Waals surface area (Å²) < 4.78 is 5.25. The number of carbonyl (C=O) groups excluding carboxylic acids is 2. The number of carboxylic acid groups (broad SMARTS) is 1. The van der Waals surface area contributed by atoms with E-state index >= 15 is 0 Å². The molecule has 0 spiro atoms. The molecular weight excluding hydrogens is 350 g/mol. The minimum atomic E-state index is -0.693. The normalized spacial score (nSPS) is 18.0. The number of unbranched alkanes of at least 4 members (excludes halogenated alkanes) is 1. The van der Waals surface area contributed by atoms with E-state index < -0.39 is 23.7 Å². The molecule has 0 aromatic heterocycles. The smallest absolute Gasteiger partial charge is 0.408 e. The van der Waals surface area contributed by atoms with E-state index in [0.29, 0.717) is 19.5 Å². The molecule has 1 aliphatic carbocycles. The number of nitrogens with one attached hydrogen (secondary N) is 2. The Morgan fingerprint density at radius 1 is 1.22 bits per heavy atom. The molecule has 27 heavy (non-hydrogen) atoms. The zero-order chi connectivity index (χ0) is 20.4. The number of hydrogen-bond donors (Lipinski definition) is 3. The molecule has 1 aliphatic heterocycles. The van der Waals surface area contributed by atoms with Crippen molar-refractivity contribution in [2.24, 2.45) is 5.92 Å². The first-order chi connectivity index (χ1) is 12.6. The van der Waals surface area contributed by atoms with Crippen molar-refractivity contribution in [1.29, 1.82) is 0 Å². The number of ether oxygens (including phenoxy) is 1. The second-order valence-electron chi connectivity index (χ2n) is 8.03. The van der Waals surface area contributed by atoms with E-state index in [4.69, 9.17) is 9.84 Å². The van der Waals surface area contributed by atoms with Crippen molar-refractivity contribution >= 4 is 18.0 Å². The summed E-state index contributed by atoms with van der Waals surface area (Å²) >= 11 is 0. The average molecular weight is 386 g/mol. The SMILES string of the molecule is CC(C)(C)OC(=O)NC(C(=O)N1CCNCC1)C1CC1.CCCCC(=O)O. The third-order valence-corrected chi connectivity index (χ3v) is 4.20. The predicted molar refractivity (Wildman–Crippen MR) is 102 cm³/mol. The Hall–Kier alpha value is -1.83. The summed E-state index contributed by atoms with van der Waals surface area (Å²) in [6, 6.07) is -0.428. The molecule has 2 amide bonds. The monoisotopic (exact) mass is 385 g/mol. The van der Waals surface area contributed by atoms with Crippen LogP contribution in [-0.2, 0) is 14.3 Å². The Morgan fingerprint density at radius 3 is 2.22 bits per heavy atom. The summed E-state index contributed by atoms with van der Waals surface area (Å²) in [4.78, 5) is 36.0. The van der Waals surface area contributed by atoms with Crippen molar-refractivity contribution in [3.8, 4) is 0 Å². The highest BCUT2D eigenvalue weighted by Crippen LogP contribution is 2.33. The summed E-state index contributed by atoms with van der Waals surface area (Å²) in [5.41, 5.74) is -0.545. The van der Waals surface area contributed by atoms with E-state index in [2.05, 4.69) is 10.6 Å². The molecule has 1 saturated heterocycles. The number of carbonyl (C=O) groups is 3. The number of aliphatic carboxylic acids is 1. The second kappa shape index (κ2) is 11.1. The molecule has 2 rings (SSSR count). The molecule has 1 heterocycles. The van der Waals surface area contributed by atoms with Crippen molar-refractivity contribution in [2.75, 3.05) is 26.2 Å². The van der Waals surface area contributed by atoms with Crippen LogP contribution in [0.5, 0.6) is 0 Å². The topological polar surface area (TPSA) is 108 Å². The Morgan fingerprint density at radius 2 is 1.81 bits per heavy atom. The third kappa shape index (κ3) is 10.2. The zero-order valence-corrected chi connectivity index (χ0v) is 17.0. The summed E-state index contributed by atoms with van der Waals surface area (Å²) in [5, 5.41) is 14.0. The van der Waals surface area contributed by atoms with Gasteiger partial charge in [-0.1, -0.05) is 13.3 Å². The fraction of sp³-hybridized carbons (Fsp3) is 0.842. The van der Waals surface area contributed by atoms with Gasteiger partial charge in [0.05, 0.1) is 0 Å². The fourth-order valence-electron chi connectivity index (χ4n) is 2.66. The predicted octanol–water partition coefficient (Wildman–Crippen LogP) is 1.98. The average Bonchev–Trinajstić information content (AvgIpc) is 3.42. The van der Waals surface area contributed by atoms with Gasteiger partial charge in [-0.3, -0.25) is 9.59 Å². The summed E-state index contributed by atoms with van der Waals surface area (Å²) in [5.74, 6) is -0.397. The maximum absolute atomic E-state index is 12.5. The van der Waals surface area contributed by atoms with Gasteiger partial charge in [0.1, 0.15) is 11.6 Å². The van der Waals surface area contributed by atoms with Crippen molar-refractivity contribution in [3.63, 3.8) is 0 Å². The van der Waals surface area contributed by atoms with Gasteiger partial charge in [-0.25, -0.2) is 4.79 Å². The van der Waals surface area contributed by atoms with E-state index in [1.54, 1.807) is 0 Å². The molecule has 0 aromatic rings. The fourth-order valence-corrected chi connectivity index (χ4v) is 2.66. The van der Waals surface area contributed by atoms with Gasteiger partial charge >= 0.3 is 12.1 Å². The molecule has 8 nitrogen and oxygen atoms in total. The van der Waals surface area contributed by atoms with Crippen LogP contribution < -0.4 is 10.6 Å². The van der Waals surface area contributed by atoms with Crippen LogP contribution in [-0.4, -0.2) is 65.8 Å². The third-order valence-electron chi connectivity index (χ3n) is 4.20. The number of hydrogen-bond acceptors (Lipinski definition) is 5. The highest BCUT2D eigenvalue weighted by atomic mass is 16.6. The lowest BCUT2D eigenvalue weighted by molar-refractivity contribution is -0.137. The molecule has 156 valence electrons. The molecule has 3 N–H and O–H groups in total. The lowest BCUT2D eigenvalue weighted by Gasteiger charge is -2.31. The van der Waals surface area contributed by atoms with Crippen LogP contribution in [0, 0.1) is 5.92 Å². The highest BCUT2D eigenvalue weighted by molar-refractivity contribution is 5.86. The number of rotatable bonds is 6. The van der Waals surface area contributed by atoms with Crippen molar-refractivity contribution in [1.82, 2.24) is 15.5 Å². The van der Waals surface area contributed by atoms with Crippen LogP contribution in [0.1, 0.15) is 59.8 Å². The van der Waals surface area contributed by atoms with E-state index in [-0.39, 0.29) is 11.8 Å². The zero-order valence-electron chi connectivity index (χ0n) is 17.0. The second-order valence-corrected chi connectivity index (χ2v) is 8.03. The van der Waals surface area contributed by atoms with Crippen molar-refractivity contribution < 1.29 is 24.2 Å². The number of alkyl carbamates (subject to hydrolysis) is 1. The van der Waals surface area contributed by atoms with Crippen LogP contribution in [0.15, 0.2) is 0 Å². The summed E-state index contributed by atoms with van der Waals surface area (Å²) in [7, 11) is 0. The standard InChI is InChI=1S/C14H25N3O3.C5H10O2/c1-14(2,3)20-13(19)16-11(10-4-5-10)12(18)17-8-6-15-7-9-17;1-2-3-4-5(6)7/h10-11,15H,4-9H2,1-3H3,(H,16,19);2-4H2,1H3,(H,6,7). The molecule has 1 saturated carbocycles. The van der Waals surface area contributed by atoms with Crippen LogP contribution in [0.3, 0.4) is 0 Å². The first-order valence-electron chi connectivity index (χ1n) is 9.85. The maximum Gasteiger partial charge on any atom is 0.408 e. The van der Waals surface area contributed by atoms with E-state index in [9.17, 15) is 14.4 Å². The lowest BCUT2D eigenvalue weighted by atomic mass is 10.1. The van der Waals surface area contributed by atoms with Crippen LogP contribution in [0.25, 0.3) is 0 Å². The summed E-state index contributed by atoms with van der Waals surface area (Å²) in [6.07, 6.45) is 3.58. The summed E-state index contributed by atoms with van der Waals surface area (Å²) in [6.45, 7) is 10.5. The van der Waals surface area contributed by atoms with Gasteiger partial charge in [0, 0.05) is 32.6 Å². The van der Waals surface area contributed by atoms with E-state index in [1.165, 1.54) is 0 Å². The molecule has 1 atom stereocenters. The number of nitrogens with zero attached hydrogens (tertiary/aromatic N) is 1. The molecule has 1 unspecified atom stereocenters. The first kappa shape index (κ1) is 23.2. The minimum Gasteiger partial charge on any atom is -0.481 e. The van der Waals surface area contributed by atoms with Gasteiger partial charge in [-0.05, 0) is 46.0 Å². The van der Waals surface area contributed by atoms with Gasteiger partial charge in [0.2, 0.25) is 5.91 Å². The van der Waals surface area contributed by atoms with Gasteiger partial charge in [0.15, 0.2) is 0 Å². The molecule has 2 aliphatic rings. The molecule has 2 fully saturated rings. The molecule has 0 radical (unpaired) electrons. The van der Waals surface area contributed by atoms with Gasteiger partial charge in [-0.15, -0.1) is 0 Å². The van der Waals surface area contributed by atoms with Crippen LogP contribution in [0.4, 0.5) is 4.79 Å². The van der Waals surface area contributed by atoms with Gasteiger partial charge < -0.3 is 25.4 Å². The minimum absolute atomic E-state index is 0.0276. The molecular formula is C19H35N3O5. The Labute approximate surface area is 162 Å². The Kier molecular flexibility index (Phi) is 9.55. The first-order valence-corrected chi connectivity index (χ1v) is 9.85. The quantitative estimate of drug-likeness (QED) is 0.645. The van der Waals surface area contributed by atoms with Gasteiger partial charge in [-0.2, -0.15) is 0 Å². The lowest BCUT2D eigenvalue weighted by Crippen LogP contribution is -2.55. The number of amides is 2. The van der Waals surface area contributed by atoms with E-state index in [0.717, 1.165) is 38.8 Å². The largest absolute Gasteiger partial charge is 0.481 e. The van der Waals surface area contributed by atoms with Gasteiger partial charge in [0.25, 0.3) is 0 Å². The van der Waals surface area contributed by atoms with Crippen molar-refractivity contribution in [3.05, 3.63) is 0 Å². The molecule has 8 heteroatoms.